The average Bonchev–Trinajstić information content (AvgIpc) is 2.01. The van der Waals surface area contributed by atoms with Crippen LogP contribution in [0.2, 0.25) is 5.15 Å². The highest BCUT2D eigenvalue weighted by Gasteiger charge is 2.14. The number of hydrogen-bond acceptors (Lipinski definition) is 4. The second-order valence-electron chi connectivity index (χ2n) is 3.33. The topological polar surface area (TPSA) is 63.8 Å². The van der Waals surface area contributed by atoms with Crippen molar-refractivity contribution in [2.45, 2.75) is 19.4 Å². The number of terminal acetylenes is 1. The minimum atomic E-state index is -0.496. The first-order chi connectivity index (χ1) is 6.43. The molecule has 1 heterocycles. The second kappa shape index (κ2) is 3.72. The molecule has 0 amide bonds. The van der Waals surface area contributed by atoms with Gasteiger partial charge in [-0.2, -0.15) is 4.98 Å². The van der Waals surface area contributed by atoms with Gasteiger partial charge in [-0.1, -0.05) is 17.5 Å². The summed E-state index contributed by atoms with van der Waals surface area (Å²) in [5, 5.41) is 3.28. The van der Waals surface area contributed by atoms with Crippen LogP contribution in [-0.2, 0) is 0 Å². The predicted octanol–water partition coefficient (Wildman–Crippen LogP) is 1.54. The SMILES string of the molecule is C#CC(C)(C)Nc1cc(Cl)nc(N)n1. The van der Waals surface area contributed by atoms with Crippen LogP contribution in [-0.4, -0.2) is 15.5 Å². The van der Waals surface area contributed by atoms with E-state index in [1.807, 2.05) is 13.8 Å². The zero-order valence-electron chi connectivity index (χ0n) is 8.00. The number of anilines is 2. The minimum Gasteiger partial charge on any atom is -0.368 e. The summed E-state index contributed by atoms with van der Waals surface area (Å²) < 4.78 is 0. The highest BCUT2D eigenvalue weighted by molar-refractivity contribution is 6.29. The smallest absolute Gasteiger partial charge is 0.223 e. The van der Waals surface area contributed by atoms with Crippen LogP contribution in [0.4, 0.5) is 11.8 Å². The van der Waals surface area contributed by atoms with Crippen molar-refractivity contribution in [1.82, 2.24) is 9.97 Å². The minimum absolute atomic E-state index is 0.118. The number of halogens is 1. The monoisotopic (exact) mass is 210 g/mol. The summed E-state index contributed by atoms with van der Waals surface area (Å²) in [4.78, 5) is 7.67. The quantitative estimate of drug-likeness (QED) is 0.574. The Morgan fingerprint density at radius 3 is 2.71 bits per heavy atom. The van der Waals surface area contributed by atoms with Crippen molar-refractivity contribution in [2.75, 3.05) is 11.1 Å². The molecule has 74 valence electrons. The highest BCUT2D eigenvalue weighted by Crippen LogP contribution is 2.16. The van der Waals surface area contributed by atoms with Gasteiger partial charge in [0.1, 0.15) is 11.0 Å². The zero-order chi connectivity index (χ0) is 10.8. The van der Waals surface area contributed by atoms with Gasteiger partial charge in [-0.25, -0.2) is 4.98 Å². The molecule has 0 aliphatic carbocycles. The Kier molecular flexibility index (Phi) is 2.82. The fourth-order valence-corrected chi connectivity index (χ4v) is 1.05. The highest BCUT2D eigenvalue weighted by atomic mass is 35.5. The van der Waals surface area contributed by atoms with Gasteiger partial charge < -0.3 is 11.1 Å². The lowest BCUT2D eigenvalue weighted by atomic mass is 10.1. The van der Waals surface area contributed by atoms with Crippen molar-refractivity contribution in [3.8, 4) is 12.3 Å². The lowest BCUT2D eigenvalue weighted by Gasteiger charge is -2.20. The molecule has 0 radical (unpaired) electrons. The molecule has 0 aromatic carbocycles. The van der Waals surface area contributed by atoms with Gasteiger partial charge in [0.2, 0.25) is 5.95 Å². The molecule has 5 heteroatoms. The van der Waals surface area contributed by atoms with Gasteiger partial charge in [-0.05, 0) is 13.8 Å². The number of nitrogens with zero attached hydrogens (tertiary/aromatic N) is 2. The summed E-state index contributed by atoms with van der Waals surface area (Å²) in [7, 11) is 0. The molecule has 14 heavy (non-hydrogen) atoms. The zero-order valence-corrected chi connectivity index (χ0v) is 8.76. The van der Waals surface area contributed by atoms with E-state index < -0.39 is 5.54 Å². The first kappa shape index (κ1) is 10.6. The molecule has 0 fully saturated rings. The van der Waals surface area contributed by atoms with Gasteiger partial charge in [0.05, 0.1) is 5.54 Å². The molecule has 1 aromatic rings. The fraction of sp³-hybridized carbons (Fsp3) is 0.333. The van der Waals surface area contributed by atoms with E-state index >= 15 is 0 Å². The molecule has 1 rings (SSSR count). The van der Waals surface area contributed by atoms with Crippen LogP contribution in [0, 0.1) is 12.3 Å². The molecular weight excluding hydrogens is 200 g/mol. The van der Waals surface area contributed by atoms with E-state index in [1.165, 1.54) is 0 Å². The molecule has 0 aliphatic rings. The van der Waals surface area contributed by atoms with Gasteiger partial charge in [0, 0.05) is 6.07 Å². The molecule has 1 aromatic heterocycles. The molecule has 0 saturated carbocycles. The van der Waals surface area contributed by atoms with E-state index in [0.717, 1.165) is 0 Å². The Morgan fingerprint density at radius 2 is 2.21 bits per heavy atom. The summed E-state index contributed by atoms with van der Waals surface area (Å²) in [6, 6.07) is 1.57. The van der Waals surface area contributed by atoms with Crippen LogP contribution in [0.3, 0.4) is 0 Å². The summed E-state index contributed by atoms with van der Waals surface area (Å²) in [5.74, 6) is 3.21. The van der Waals surface area contributed by atoms with Crippen molar-refractivity contribution >= 4 is 23.4 Å². The van der Waals surface area contributed by atoms with Crippen molar-refractivity contribution in [3.63, 3.8) is 0 Å². The Morgan fingerprint density at radius 1 is 1.57 bits per heavy atom. The summed E-state index contributed by atoms with van der Waals surface area (Å²) in [6.45, 7) is 3.69. The van der Waals surface area contributed by atoms with Gasteiger partial charge in [0.25, 0.3) is 0 Å². The standard InChI is InChI=1S/C9H11ClN4/c1-4-9(2,3)14-7-5-6(10)12-8(11)13-7/h1,5H,2-3H3,(H3,11,12,13,14). The van der Waals surface area contributed by atoms with Crippen LogP contribution in [0.15, 0.2) is 6.07 Å². The molecule has 4 nitrogen and oxygen atoms in total. The van der Waals surface area contributed by atoms with Crippen molar-refractivity contribution in [2.24, 2.45) is 0 Å². The van der Waals surface area contributed by atoms with Crippen LogP contribution >= 0.6 is 11.6 Å². The predicted molar refractivity (Wildman–Crippen MR) is 58.0 cm³/mol. The first-order valence-corrected chi connectivity index (χ1v) is 4.37. The Labute approximate surface area is 87.9 Å². The third kappa shape index (κ3) is 2.79. The number of nitrogens with two attached hydrogens (primary N) is 1. The molecule has 0 saturated heterocycles. The van der Waals surface area contributed by atoms with E-state index in [1.54, 1.807) is 6.07 Å². The van der Waals surface area contributed by atoms with Crippen LogP contribution in [0.25, 0.3) is 0 Å². The summed E-state index contributed by atoms with van der Waals surface area (Å²) >= 11 is 5.70. The number of hydrogen-bond donors (Lipinski definition) is 2. The summed E-state index contributed by atoms with van der Waals surface area (Å²) in [5.41, 5.74) is 4.93. The van der Waals surface area contributed by atoms with Gasteiger partial charge in [0.15, 0.2) is 0 Å². The van der Waals surface area contributed by atoms with Crippen molar-refractivity contribution in [1.29, 1.82) is 0 Å². The fourth-order valence-electron chi connectivity index (χ4n) is 0.856. The molecular formula is C9H11ClN4. The second-order valence-corrected chi connectivity index (χ2v) is 3.72. The number of rotatable bonds is 2. The molecule has 0 bridgehead atoms. The van der Waals surface area contributed by atoms with E-state index in [9.17, 15) is 0 Å². The maximum atomic E-state index is 5.70. The number of nitrogen functional groups attached to an aromatic ring is 1. The third-order valence-corrected chi connectivity index (χ3v) is 1.71. The van der Waals surface area contributed by atoms with Gasteiger partial charge in [-0.15, -0.1) is 6.42 Å². The van der Waals surface area contributed by atoms with E-state index in [-0.39, 0.29) is 11.1 Å². The largest absolute Gasteiger partial charge is 0.368 e. The van der Waals surface area contributed by atoms with E-state index in [0.29, 0.717) is 5.82 Å². The van der Waals surface area contributed by atoms with E-state index in [2.05, 4.69) is 21.2 Å². The average molecular weight is 211 g/mol. The maximum absolute atomic E-state index is 5.70. The number of nitrogens with one attached hydrogen (secondary N) is 1. The Balaban J connectivity index is 2.94. The molecule has 0 spiro atoms. The van der Waals surface area contributed by atoms with Crippen LogP contribution in [0.5, 0.6) is 0 Å². The molecule has 0 aliphatic heterocycles. The van der Waals surface area contributed by atoms with E-state index in [4.69, 9.17) is 23.8 Å². The summed E-state index contributed by atoms with van der Waals surface area (Å²) in [6.07, 6.45) is 5.31. The van der Waals surface area contributed by atoms with Gasteiger partial charge in [-0.3, -0.25) is 0 Å². The van der Waals surface area contributed by atoms with Crippen molar-refractivity contribution < 1.29 is 0 Å². The van der Waals surface area contributed by atoms with Crippen LogP contribution < -0.4 is 11.1 Å². The lowest BCUT2D eigenvalue weighted by molar-refractivity contribution is 0.735. The third-order valence-electron chi connectivity index (χ3n) is 1.51. The van der Waals surface area contributed by atoms with Gasteiger partial charge >= 0.3 is 0 Å². The lowest BCUT2D eigenvalue weighted by Crippen LogP contribution is -2.29. The Hall–Kier alpha value is -1.47. The number of aromatic nitrogens is 2. The Bertz CT molecular complexity index is 361. The molecule has 0 atom stereocenters. The first-order valence-electron chi connectivity index (χ1n) is 3.99. The normalized spacial score (nSPS) is 10.7. The molecule has 3 N–H and O–H groups in total. The molecule has 0 unspecified atom stereocenters. The van der Waals surface area contributed by atoms with Crippen molar-refractivity contribution in [3.05, 3.63) is 11.2 Å². The van der Waals surface area contributed by atoms with Crippen LogP contribution in [0.1, 0.15) is 13.8 Å². The maximum Gasteiger partial charge on any atom is 0.223 e.